The number of carboxylic acids is 1. The Kier molecular flexibility index (Phi) is 11.3. The van der Waals surface area contributed by atoms with Gasteiger partial charge in [0.1, 0.15) is 0 Å². The number of piperazine rings is 1. The van der Waals surface area contributed by atoms with Crippen LogP contribution in [-0.4, -0.2) is 82.0 Å². The van der Waals surface area contributed by atoms with Gasteiger partial charge in [-0.2, -0.15) is 13.2 Å². The molecule has 35 heavy (non-hydrogen) atoms. The number of amides is 1. The largest absolute Gasteiger partial charge is 0.490 e. The fourth-order valence-corrected chi connectivity index (χ4v) is 4.00. The Balaban J connectivity index is 0.000000762. The van der Waals surface area contributed by atoms with E-state index in [1.54, 1.807) is 12.1 Å². The third kappa shape index (κ3) is 11.2. The van der Waals surface area contributed by atoms with Crippen molar-refractivity contribution in [2.24, 2.45) is 11.8 Å². The zero-order valence-electron chi connectivity index (χ0n) is 20.6. The van der Waals surface area contributed by atoms with Crippen LogP contribution in [0.5, 0.6) is 0 Å². The quantitative estimate of drug-likeness (QED) is 0.479. The van der Waals surface area contributed by atoms with Gasteiger partial charge in [0.15, 0.2) is 0 Å². The highest BCUT2D eigenvalue weighted by Gasteiger charge is 2.38. The Morgan fingerprint density at radius 3 is 2.00 bits per heavy atom. The molecule has 0 aromatic heterocycles. The van der Waals surface area contributed by atoms with Crippen molar-refractivity contribution in [2.75, 3.05) is 55.1 Å². The van der Waals surface area contributed by atoms with Crippen molar-refractivity contribution in [1.82, 2.24) is 10.2 Å². The maximum atomic E-state index is 13.1. The Morgan fingerprint density at radius 2 is 1.60 bits per heavy atom. The molecule has 1 aliphatic heterocycles. The lowest BCUT2D eigenvalue weighted by molar-refractivity contribution is -0.192. The average molecular weight is 525 g/mol. The molecule has 1 fully saturated rings. The highest BCUT2D eigenvalue weighted by molar-refractivity contribution is 7.92. The van der Waals surface area contributed by atoms with Gasteiger partial charge in [-0.3, -0.25) is 9.52 Å². The minimum atomic E-state index is -5.08. The Labute approximate surface area is 204 Å². The standard InChI is InChI=1S/C20H34N4O3S.C2HF3O2/c1-15(2)13-24(14-16(3)4)20(25)17-6-7-19(23-10-8-21-9-11-23)18(12-17)22-28(5,26)27;3-2(4,5)1(6)7/h6-7,12,15-16,21-22H,8-11,13-14H2,1-5H3;(H,6,7). The van der Waals surface area contributed by atoms with Crippen LogP contribution < -0.4 is 14.9 Å². The number of aliphatic carboxylic acids is 1. The van der Waals surface area contributed by atoms with Gasteiger partial charge in [-0.05, 0) is 30.0 Å². The van der Waals surface area contributed by atoms with E-state index in [1.807, 2.05) is 11.0 Å². The van der Waals surface area contributed by atoms with Crippen molar-refractivity contribution in [3.63, 3.8) is 0 Å². The molecule has 0 saturated carbocycles. The van der Waals surface area contributed by atoms with Crippen LogP contribution in [0.25, 0.3) is 0 Å². The van der Waals surface area contributed by atoms with Gasteiger partial charge in [0, 0.05) is 44.8 Å². The highest BCUT2D eigenvalue weighted by Crippen LogP contribution is 2.29. The second kappa shape index (κ2) is 13.0. The zero-order valence-corrected chi connectivity index (χ0v) is 21.5. The molecule has 1 saturated heterocycles. The molecular formula is C22H35F3N4O5S. The van der Waals surface area contributed by atoms with Crippen molar-refractivity contribution >= 4 is 33.3 Å². The predicted molar refractivity (Wildman–Crippen MR) is 129 cm³/mol. The fourth-order valence-electron chi connectivity index (χ4n) is 3.44. The number of rotatable bonds is 8. The average Bonchev–Trinajstić information content (AvgIpc) is 2.71. The Morgan fingerprint density at radius 1 is 1.11 bits per heavy atom. The second-order valence-corrected chi connectivity index (χ2v) is 10.9. The smallest absolute Gasteiger partial charge is 0.475 e. The number of nitrogens with zero attached hydrogens (tertiary/aromatic N) is 2. The third-order valence-corrected chi connectivity index (χ3v) is 5.29. The van der Waals surface area contributed by atoms with Crippen molar-refractivity contribution in [2.45, 2.75) is 33.9 Å². The first-order chi connectivity index (χ1) is 16.0. The number of carboxylic acid groups (broad SMARTS) is 1. The molecule has 2 rings (SSSR count). The van der Waals surface area contributed by atoms with Gasteiger partial charge < -0.3 is 20.2 Å². The van der Waals surface area contributed by atoms with E-state index in [0.29, 0.717) is 36.2 Å². The van der Waals surface area contributed by atoms with Gasteiger partial charge >= 0.3 is 12.1 Å². The summed E-state index contributed by atoms with van der Waals surface area (Å²) in [4.78, 5) is 26.0. The van der Waals surface area contributed by atoms with Gasteiger partial charge in [0.05, 0.1) is 17.6 Å². The number of carbonyl (C=O) groups is 2. The molecule has 0 unspecified atom stereocenters. The normalized spacial score (nSPS) is 14.4. The van der Waals surface area contributed by atoms with Crippen LogP contribution in [0.1, 0.15) is 38.1 Å². The Hall–Kier alpha value is -2.54. The van der Waals surface area contributed by atoms with Crippen molar-refractivity contribution in [3.8, 4) is 0 Å². The molecular weight excluding hydrogens is 489 g/mol. The number of halogens is 3. The lowest BCUT2D eigenvalue weighted by Crippen LogP contribution is -2.44. The van der Waals surface area contributed by atoms with E-state index >= 15 is 0 Å². The number of alkyl halides is 3. The van der Waals surface area contributed by atoms with Crippen molar-refractivity contribution in [3.05, 3.63) is 23.8 Å². The van der Waals surface area contributed by atoms with Crippen LogP contribution >= 0.6 is 0 Å². The molecule has 0 bridgehead atoms. The summed E-state index contributed by atoms with van der Waals surface area (Å²) in [6.07, 6.45) is -3.95. The number of benzene rings is 1. The van der Waals surface area contributed by atoms with Crippen LogP contribution in [-0.2, 0) is 14.8 Å². The molecule has 1 heterocycles. The van der Waals surface area contributed by atoms with E-state index in [4.69, 9.17) is 9.90 Å². The molecule has 13 heteroatoms. The summed E-state index contributed by atoms with van der Waals surface area (Å²) >= 11 is 0. The molecule has 3 N–H and O–H groups in total. The summed E-state index contributed by atoms with van der Waals surface area (Å²) in [6, 6.07) is 5.34. The van der Waals surface area contributed by atoms with Crippen molar-refractivity contribution in [1.29, 1.82) is 0 Å². The van der Waals surface area contributed by atoms with Gasteiger partial charge in [0.25, 0.3) is 5.91 Å². The number of anilines is 2. The predicted octanol–water partition coefficient (Wildman–Crippen LogP) is 2.86. The van der Waals surface area contributed by atoms with E-state index in [-0.39, 0.29) is 5.91 Å². The summed E-state index contributed by atoms with van der Waals surface area (Å²) < 4.78 is 58.1. The molecule has 0 aliphatic carbocycles. The minimum Gasteiger partial charge on any atom is -0.475 e. The maximum absolute atomic E-state index is 13.1. The van der Waals surface area contributed by atoms with E-state index in [9.17, 15) is 26.4 Å². The fraction of sp³-hybridized carbons (Fsp3) is 0.636. The van der Waals surface area contributed by atoms with Crippen molar-refractivity contribution < 1.29 is 36.3 Å². The van der Waals surface area contributed by atoms with Gasteiger partial charge in [-0.25, -0.2) is 13.2 Å². The van der Waals surface area contributed by atoms with Crippen LogP contribution in [0, 0.1) is 11.8 Å². The topological polar surface area (TPSA) is 119 Å². The first-order valence-electron chi connectivity index (χ1n) is 11.2. The van der Waals surface area contributed by atoms with Crippen LogP contribution in [0.15, 0.2) is 18.2 Å². The SMILES string of the molecule is CC(C)CN(CC(C)C)C(=O)c1ccc(N2CCNCC2)c(NS(C)(=O)=O)c1.O=C(O)C(F)(F)F. The first kappa shape index (κ1) is 30.5. The second-order valence-electron chi connectivity index (χ2n) is 9.14. The number of carbonyl (C=O) groups excluding carboxylic acids is 1. The summed E-state index contributed by atoms with van der Waals surface area (Å²) in [5, 5.41) is 10.4. The van der Waals surface area contributed by atoms with Crippen LogP contribution in [0.3, 0.4) is 0 Å². The molecule has 0 atom stereocenters. The van der Waals surface area contributed by atoms with E-state index in [0.717, 1.165) is 38.1 Å². The van der Waals surface area contributed by atoms with Gasteiger partial charge in [-0.15, -0.1) is 0 Å². The highest BCUT2D eigenvalue weighted by atomic mass is 32.2. The lowest BCUT2D eigenvalue weighted by atomic mass is 10.1. The number of nitrogens with one attached hydrogen (secondary N) is 2. The maximum Gasteiger partial charge on any atom is 0.490 e. The number of sulfonamides is 1. The Bertz CT molecular complexity index is 952. The number of hydrogen-bond donors (Lipinski definition) is 3. The lowest BCUT2D eigenvalue weighted by Gasteiger charge is -2.32. The third-order valence-electron chi connectivity index (χ3n) is 4.70. The molecule has 1 aliphatic rings. The first-order valence-corrected chi connectivity index (χ1v) is 13.1. The molecule has 0 radical (unpaired) electrons. The molecule has 0 spiro atoms. The zero-order chi connectivity index (χ0) is 27.0. The molecule has 1 aromatic carbocycles. The summed E-state index contributed by atoms with van der Waals surface area (Å²) in [5.41, 5.74) is 1.78. The summed E-state index contributed by atoms with van der Waals surface area (Å²) in [5.74, 6) is -2.11. The van der Waals surface area contributed by atoms with E-state index in [1.165, 1.54) is 0 Å². The minimum absolute atomic E-state index is 0.0641. The van der Waals surface area contributed by atoms with E-state index < -0.39 is 22.2 Å². The molecule has 1 aromatic rings. The van der Waals surface area contributed by atoms with Crippen LogP contribution in [0.2, 0.25) is 0 Å². The van der Waals surface area contributed by atoms with Crippen LogP contribution in [0.4, 0.5) is 24.5 Å². The molecule has 9 nitrogen and oxygen atoms in total. The molecule has 200 valence electrons. The summed E-state index contributed by atoms with van der Waals surface area (Å²) in [6.45, 7) is 13.0. The monoisotopic (exact) mass is 524 g/mol. The van der Waals surface area contributed by atoms with Gasteiger partial charge in [0.2, 0.25) is 10.0 Å². The number of hydrogen-bond acceptors (Lipinski definition) is 6. The van der Waals surface area contributed by atoms with Gasteiger partial charge in [-0.1, -0.05) is 27.7 Å². The summed E-state index contributed by atoms with van der Waals surface area (Å²) in [7, 11) is -3.46. The van der Waals surface area contributed by atoms with E-state index in [2.05, 4.69) is 42.6 Å². The molecule has 1 amide bonds.